The van der Waals surface area contributed by atoms with Crippen LogP contribution in [-0.2, 0) is 27.8 Å². The number of benzene rings is 4. The van der Waals surface area contributed by atoms with Crippen LogP contribution in [0.25, 0.3) is 33.4 Å². The van der Waals surface area contributed by atoms with Gasteiger partial charge < -0.3 is 14.9 Å². The lowest BCUT2D eigenvalue weighted by Crippen LogP contribution is -2.25. The summed E-state index contributed by atoms with van der Waals surface area (Å²) in [6.07, 6.45) is 1.43. The number of carbonyl (C=O) groups excluding carboxylic acids is 1. The fraction of sp³-hybridized carbons (Fsp3) is 0.308. The van der Waals surface area contributed by atoms with Crippen LogP contribution in [0.2, 0.25) is 0 Å². The zero-order chi connectivity index (χ0) is 35.1. The van der Waals surface area contributed by atoms with Crippen LogP contribution in [-0.4, -0.2) is 52.8 Å². The number of aromatic nitrogens is 6. The van der Waals surface area contributed by atoms with E-state index < -0.39 is 5.97 Å². The maximum atomic E-state index is 12.1. The fourth-order valence-corrected chi connectivity index (χ4v) is 6.48. The molecule has 0 aliphatic rings. The Labute approximate surface area is 285 Å². The number of aromatic hydroxyl groups is 2. The van der Waals surface area contributed by atoms with E-state index in [4.69, 9.17) is 4.74 Å². The summed E-state index contributed by atoms with van der Waals surface area (Å²) in [6, 6.07) is 22.7. The van der Waals surface area contributed by atoms with Crippen molar-refractivity contribution >= 4 is 28.0 Å². The predicted octanol–water partition coefficient (Wildman–Crippen LogP) is 7.53. The molecule has 0 fully saturated rings. The average Bonchev–Trinajstić information content (AvgIpc) is 3.66. The highest BCUT2D eigenvalue weighted by molar-refractivity contribution is 5.86. The van der Waals surface area contributed by atoms with Gasteiger partial charge in [-0.2, -0.15) is 0 Å². The highest BCUT2D eigenvalue weighted by atomic mass is 16.5. The van der Waals surface area contributed by atoms with Crippen LogP contribution in [0, 0.1) is 5.41 Å². The number of phenolic OH excluding ortho intramolecular Hbond substituents is 2. The normalized spacial score (nSPS) is 12.1. The molecular formula is C39H42N6O4. The van der Waals surface area contributed by atoms with Gasteiger partial charge in [0.05, 0.1) is 6.61 Å². The molecule has 0 radical (unpaired) electrons. The van der Waals surface area contributed by atoms with Crippen molar-refractivity contribution in [1.82, 2.24) is 30.0 Å². The van der Waals surface area contributed by atoms with Gasteiger partial charge in [0, 0.05) is 29.5 Å². The van der Waals surface area contributed by atoms with Gasteiger partial charge in [0.1, 0.15) is 44.9 Å². The molecule has 2 aromatic heterocycles. The van der Waals surface area contributed by atoms with E-state index in [0.717, 1.165) is 17.5 Å². The number of esters is 1. The fourth-order valence-electron chi connectivity index (χ4n) is 6.48. The van der Waals surface area contributed by atoms with Crippen molar-refractivity contribution in [2.75, 3.05) is 6.61 Å². The average molecular weight is 659 g/mol. The monoisotopic (exact) mass is 658 g/mol. The first kappa shape index (κ1) is 33.4. The minimum atomic E-state index is -0.466. The minimum Gasteiger partial charge on any atom is -0.505 e. The molecule has 0 amide bonds. The first-order valence-electron chi connectivity index (χ1n) is 16.4. The summed E-state index contributed by atoms with van der Waals surface area (Å²) in [5.41, 5.74) is 6.64. The van der Waals surface area contributed by atoms with Crippen molar-refractivity contribution in [3.8, 4) is 22.9 Å². The Morgan fingerprint density at radius 3 is 1.69 bits per heavy atom. The van der Waals surface area contributed by atoms with Gasteiger partial charge in [0.15, 0.2) is 0 Å². The van der Waals surface area contributed by atoms with Gasteiger partial charge in [0.25, 0.3) is 0 Å². The molecule has 6 rings (SSSR count). The summed E-state index contributed by atoms with van der Waals surface area (Å²) in [6.45, 7) is 16.4. The van der Waals surface area contributed by atoms with Gasteiger partial charge in [-0.15, -0.1) is 30.0 Å². The van der Waals surface area contributed by atoms with Gasteiger partial charge in [-0.05, 0) is 71.7 Å². The number of rotatable bonds is 10. The van der Waals surface area contributed by atoms with E-state index in [1.165, 1.54) is 9.59 Å². The molecule has 0 bridgehead atoms. The second kappa shape index (κ2) is 12.8. The van der Waals surface area contributed by atoms with Crippen LogP contribution in [0.4, 0.5) is 0 Å². The zero-order valence-corrected chi connectivity index (χ0v) is 28.9. The highest BCUT2D eigenvalue weighted by Gasteiger charge is 2.30. The SMILES string of the molecule is C=C(C)C(=O)OCCc1cc(Cc2cc(C(C)(C)CC(C)(C)C)cc(-n3nc4ccccc4n3)c2O)c(O)c(-n2nc3ccccc3n2)c1. The lowest BCUT2D eigenvalue weighted by atomic mass is 9.72. The number of ether oxygens (including phenoxy) is 1. The van der Waals surface area contributed by atoms with Crippen LogP contribution >= 0.6 is 0 Å². The van der Waals surface area contributed by atoms with Gasteiger partial charge >= 0.3 is 5.97 Å². The summed E-state index contributed by atoms with van der Waals surface area (Å²) in [5.74, 6) is -0.474. The van der Waals surface area contributed by atoms with E-state index in [1.807, 2.05) is 66.7 Å². The van der Waals surface area contributed by atoms with Crippen LogP contribution in [0.15, 0.2) is 84.9 Å². The molecule has 49 heavy (non-hydrogen) atoms. The Morgan fingerprint density at radius 1 is 0.755 bits per heavy atom. The Balaban J connectivity index is 1.48. The maximum Gasteiger partial charge on any atom is 0.333 e. The van der Waals surface area contributed by atoms with Crippen LogP contribution in [0.5, 0.6) is 11.5 Å². The third-order valence-corrected chi connectivity index (χ3v) is 8.51. The molecule has 2 N–H and O–H groups in total. The molecule has 252 valence electrons. The van der Waals surface area contributed by atoms with Crippen molar-refractivity contribution in [3.05, 3.63) is 107 Å². The first-order valence-corrected chi connectivity index (χ1v) is 16.4. The number of phenols is 2. The summed E-state index contributed by atoms with van der Waals surface area (Å²) in [7, 11) is 0. The topological polar surface area (TPSA) is 128 Å². The number of carbonyl (C=O) groups is 1. The van der Waals surface area contributed by atoms with Gasteiger partial charge in [-0.3, -0.25) is 0 Å². The predicted molar refractivity (Wildman–Crippen MR) is 190 cm³/mol. The second-order valence-electron chi connectivity index (χ2n) is 14.5. The molecule has 0 spiro atoms. The summed E-state index contributed by atoms with van der Waals surface area (Å²) < 4.78 is 5.40. The Bertz CT molecular complexity index is 2140. The van der Waals surface area contributed by atoms with E-state index in [-0.39, 0.29) is 35.4 Å². The molecule has 0 aliphatic heterocycles. The molecule has 0 aliphatic carbocycles. The van der Waals surface area contributed by atoms with Gasteiger partial charge in [0.2, 0.25) is 0 Å². The zero-order valence-electron chi connectivity index (χ0n) is 28.9. The smallest absolute Gasteiger partial charge is 0.333 e. The molecule has 0 atom stereocenters. The van der Waals surface area contributed by atoms with Crippen molar-refractivity contribution in [2.45, 2.75) is 66.2 Å². The standard InChI is InChI=1S/C39H42N6O4/c1-24(2)37(48)49-17-16-25-18-26(35(46)33(19-25)44-40-29-12-8-9-13-30(29)41-44)20-27-21-28(39(6,7)23-38(3,4)5)22-34(36(27)47)45-42-31-14-10-11-15-32(31)43-45/h8-15,18-19,21-22,46-47H,1,16-17,20,23H2,2-7H3. The molecule has 0 saturated carbocycles. The summed E-state index contributed by atoms with van der Waals surface area (Å²) >= 11 is 0. The van der Waals surface area contributed by atoms with E-state index in [9.17, 15) is 15.0 Å². The Hall–Kier alpha value is -5.51. The number of hydrogen-bond acceptors (Lipinski definition) is 8. The first-order chi connectivity index (χ1) is 23.2. The van der Waals surface area contributed by atoms with Crippen molar-refractivity contribution in [1.29, 1.82) is 0 Å². The second-order valence-corrected chi connectivity index (χ2v) is 14.5. The van der Waals surface area contributed by atoms with Gasteiger partial charge in [-0.1, -0.05) is 77.6 Å². The van der Waals surface area contributed by atoms with E-state index in [1.54, 1.807) is 13.0 Å². The number of hydrogen-bond donors (Lipinski definition) is 2. The van der Waals surface area contributed by atoms with Gasteiger partial charge in [-0.25, -0.2) is 4.79 Å². The van der Waals surface area contributed by atoms with E-state index in [2.05, 4.69) is 61.6 Å². The third kappa shape index (κ3) is 7.18. The van der Waals surface area contributed by atoms with Crippen LogP contribution in [0.1, 0.15) is 70.2 Å². The summed E-state index contributed by atoms with van der Waals surface area (Å²) in [5, 5.41) is 42.3. The Kier molecular flexibility index (Phi) is 8.75. The minimum absolute atomic E-state index is 0.0142. The quantitative estimate of drug-likeness (QED) is 0.114. The summed E-state index contributed by atoms with van der Waals surface area (Å²) in [4.78, 5) is 15.0. The molecule has 6 aromatic rings. The van der Waals surface area contributed by atoms with Crippen LogP contribution in [0.3, 0.4) is 0 Å². The highest BCUT2D eigenvalue weighted by Crippen LogP contribution is 2.41. The largest absolute Gasteiger partial charge is 0.505 e. The molecule has 10 nitrogen and oxygen atoms in total. The molecule has 0 unspecified atom stereocenters. The maximum absolute atomic E-state index is 12.1. The van der Waals surface area contributed by atoms with Crippen LogP contribution < -0.4 is 0 Å². The van der Waals surface area contributed by atoms with E-state index >= 15 is 0 Å². The molecule has 2 heterocycles. The molecular weight excluding hydrogens is 616 g/mol. The lowest BCUT2D eigenvalue weighted by Gasteiger charge is -2.33. The third-order valence-electron chi connectivity index (χ3n) is 8.51. The molecule has 4 aromatic carbocycles. The lowest BCUT2D eigenvalue weighted by molar-refractivity contribution is -0.138. The van der Waals surface area contributed by atoms with Crippen molar-refractivity contribution in [2.24, 2.45) is 5.41 Å². The van der Waals surface area contributed by atoms with E-state index in [0.29, 0.717) is 56.6 Å². The number of fused-ring (bicyclic) bond motifs is 2. The van der Waals surface area contributed by atoms with Crippen molar-refractivity contribution < 1.29 is 19.7 Å². The molecule has 10 heteroatoms. The Morgan fingerprint density at radius 2 is 1.22 bits per heavy atom. The molecule has 0 saturated heterocycles. The van der Waals surface area contributed by atoms with Crippen molar-refractivity contribution in [3.63, 3.8) is 0 Å². The number of nitrogens with zero attached hydrogens (tertiary/aromatic N) is 6.